The molecule has 0 amide bonds. The van der Waals surface area contributed by atoms with Crippen LogP contribution in [0.2, 0.25) is 25.7 Å². The summed E-state index contributed by atoms with van der Waals surface area (Å²) in [6.45, 7) is 7.73. The van der Waals surface area contributed by atoms with Crippen LogP contribution in [-0.4, -0.2) is 35.2 Å². The summed E-state index contributed by atoms with van der Waals surface area (Å²) in [6.07, 6.45) is 1.64. The van der Waals surface area contributed by atoms with Gasteiger partial charge < -0.3 is 4.74 Å². The molecule has 0 bridgehead atoms. The lowest BCUT2D eigenvalue weighted by atomic mass is 10.1. The Labute approximate surface area is 141 Å². The van der Waals surface area contributed by atoms with Crippen molar-refractivity contribution in [3.8, 4) is 0 Å². The molecule has 2 aromatic rings. The summed E-state index contributed by atoms with van der Waals surface area (Å²) in [7, 11) is -1.14. The normalized spacial score (nSPS) is 11.5. The van der Waals surface area contributed by atoms with Crippen LogP contribution in [0, 0.1) is 10.1 Å². The largest absolute Gasteiger partial charge is 0.360 e. The van der Waals surface area contributed by atoms with Gasteiger partial charge in [-0.05, 0) is 18.2 Å². The first kappa shape index (κ1) is 18.0. The number of benzene rings is 1. The Morgan fingerprint density at radius 3 is 2.67 bits per heavy atom. The predicted molar refractivity (Wildman–Crippen MR) is 92.9 cm³/mol. The number of aromatic nitrogens is 2. The topological polar surface area (TPSA) is 87.3 Å². The fourth-order valence-electron chi connectivity index (χ4n) is 2.05. The number of hydrogen-bond acceptors (Lipinski definition) is 5. The molecule has 0 aliphatic rings. The van der Waals surface area contributed by atoms with Crippen molar-refractivity contribution in [2.75, 3.05) is 6.61 Å². The Bertz CT molecular complexity index is 737. The second-order valence-corrected chi connectivity index (χ2v) is 12.3. The van der Waals surface area contributed by atoms with Gasteiger partial charge in [0.2, 0.25) is 5.78 Å². The van der Waals surface area contributed by atoms with Gasteiger partial charge >= 0.3 is 0 Å². The van der Waals surface area contributed by atoms with Crippen molar-refractivity contribution in [2.45, 2.75) is 32.4 Å². The molecule has 0 aliphatic heterocycles. The molecule has 0 aliphatic carbocycles. The predicted octanol–water partition coefficient (Wildman–Crippen LogP) is 3.33. The van der Waals surface area contributed by atoms with E-state index in [0.29, 0.717) is 6.61 Å². The molecule has 0 unspecified atom stereocenters. The Morgan fingerprint density at radius 1 is 1.29 bits per heavy atom. The maximum atomic E-state index is 12.4. The minimum absolute atomic E-state index is 0.0346. The quantitative estimate of drug-likeness (QED) is 0.240. The SMILES string of the molecule is C[Si](C)(C)CCOCn1ccc(C(=O)c2ccccc2[N+](=O)[O-])n1. The Morgan fingerprint density at radius 2 is 2.00 bits per heavy atom. The lowest BCUT2D eigenvalue weighted by Gasteiger charge is -2.15. The van der Waals surface area contributed by atoms with Gasteiger partial charge in [-0.3, -0.25) is 14.9 Å². The van der Waals surface area contributed by atoms with Gasteiger partial charge in [0, 0.05) is 26.9 Å². The summed E-state index contributed by atoms with van der Waals surface area (Å²) < 4.78 is 7.09. The van der Waals surface area contributed by atoms with Gasteiger partial charge in [-0.25, -0.2) is 4.68 Å². The van der Waals surface area contributed by atoms with Crippen LogP contribution in [0.1, 0.15) is 16.1 Å². The Kier molecular flexibility index (Phi) is 5.63. The van der Waals surface area contributed by atoms with Gasteiger partial charge in [-0.15, -0.1) is 0 Å². The third-order valence-electron chi connectivity index (χ3n) is 3.44. The number of carbonyl (C=O) groups is 1. The van der Waals surface area contributed by atoms with E-state index in [9.17, 15) is 14.9 Å². The van der Waals surface area contributed by atoms with Crippen molar-refractivity contribution in [1.82, 2.24) is 9.78 Å². The van der Waals surface area contributed by atoms with E-state index < -0.39 is 18.8 Å². The number of ketones is 1. The number of para-hydroxylation sites is 1. The molecule has 2 rings (SSSR count). The van der Waals surface area contributed by atoms with Crippen molar-refractivity contribution in [1.29, 1.82) is 0 Å². The second kappa shape index (κ2) is 7.50. The van der Waals surface area contributed by atoms with Crippen LogP contribution in [0.4, 0.5) is 5.69 Å². The van der Waals surface area contributed by atoms with E-state index in [-0.39, 0.29) is 23.7 Å². The number of hydrogen-bond donors (Lipinski definition) is 0. The van der Waals surface area contributed by atoms with Crippen LogP contribution in [0.25, 0.3) is 0 Å². The highest BCUT2D eigenvalue weighted by molar-refractivity contribution is 6.76. The molecule has 0 spiro atoms. The second-order valence-electron chi connectivity index (χ2n) is 6.69. The summed E-state index contributed by atoms with van der Waals surface area (Å²) in [5.74, 6) is -0.469. The highest BCUT2D eigenvalue weighted by Gasteiger charge is 2.22. The van der Waals surface area contributed by atoms with Gasteiger partial charge in [0.15, 0.2) is 0 Å². The number of nitro groups is 1. The van der Waals surface area contributed by atoms with Crippen LogP contribution >= 0.6 is 0 Å². The van der Waals surface area contributed by atoms with E-state index >= 15 is 0 Å². The van der Waals surface area contributed by atoms with E-state index in [4.69, 9.17) is 4.74 Å². The zero-order valence-corrected chi connectivity index (χ0v) is 15.1. The lowest BCUT2D eigenvalue weighted by Crippen LogP contribution is -2.22. The summed E-state index contributed by atoms with van der Waals surface area (Å²) in [6, 6.07) is 8.46. The molecule has 0 N–H and O–H groups in total. The van der Waals surface area contributed by atoms with E-state index in [1.54, 1.807) is 18.3 Å². The molecular weight excluding hydrogens is 326 g/mol. The fourth-order valence-corrected chi connectivity index (χ4v) is 2.81. The Balaban J connectivity index is 2.03. The summed E-state index contributed by atoms with van der Waals surface area (Å²) >= 11 is 0. The summed E-state index contributed by atoms with van der Waals surface area (Å²) in [4.78, 5) is 22.9. The maximum absolute atomic E-state index is 12.4. The molecule has 0 saturated heterocycles. The molecule has 128 valence electrons. The molecule has 0 radical (unpaired) electrons. The van der Waals surface area contributed by atoms with Gasteiger partial charge in [0.1, 0.15) is 18.0 Å². The van der Waals surface area contributed by atoms with Crippen molar-refractivity contribution >= 4 is 19.5 Å². The van der Waals surface area contributed by atoms with E-state index in [1.165, 1.54) is 22.9 Å². The zero-order chi connectivity index (χ0) is 17.7. The van der Waals surface area contributed by atoms with Gasteiger partial charge in [-0.1, -0.05) is 31.8 Å². The van der Waals surface area contributed by atoms with Crippen LogP contribution in [-0.2, 0) is 11.5 Å². The van der Waals surface area contributed by atoms with E-state index in [0.717, 1.165) is 6.04 Å². The Hall–Kier alpha value is -2.32. The molecule has 8 heteroatoms. The molecule has 7 nitrogen and oxygen atoms in total. The summed E-state index contributed by atoms with van der Waals surface area (Å²) in [5.41, 5.74) is -0.0195. The van der Waals surface area contributed by atoms with Crippen molar-refractivity contribution < 1.29 is 14.5 Å². The first-order valence-corrected chi connectivity index (χ1v) is 11.4. The highest BCUT2D eigenvalue weighted by atomic mass is 28.3. The summed E-state index contributed by atoms with van der Waals surface area (Å²) in [5, 5.41) is 15.2. The van der Waals surface area contributed by atoms with Crippen LogP contribution < -0.4 is 0 Å². The van der Waals surface area contributed by atoms with Crippen LogP contribution in [0.15, 0.2) is 36.5 Å². The monoisotopic (exact) mass is 347 g/mol. The van der Waals surface area contributed by atoms with Gasteiger partial charge in [-0.2, -0.15) is 5.10 Å². The molecule has 24 heavy (non-hydrogen) atoms. The maximum Gasteiger partial charge on any atom is 0.280 e. The number of ether oxygens (including phenoxy) is 1. The molecule has 1 aromatic carbocycles. The minimum Gasteiger partial charge on any atom is -0.360 e. The fraction of sp³-hybridized carbons (Fsp3) is 0.375. The third kappa shape index (κ3) is 4.84. The van der Waals surface area contributed by atoms with Gasteiger partial charge in [0.05, 0.1) is 4.92 Å². The van der Waals surface area contributed by atoms with Crippen molar-refractivity contribution in [3.05, 3.63) is 57.9 Å². The number of nitrogens with zero attached hydrogens (tertiary/aromatic N) is 3. The van der Waals surface area contributed by atoms with E-state index in [1.807, 2.05) is 0 Å². The molecule has 0 atom stereocenters. The lowest BCUT2D eigenvalue weighted by molar-refractivity contribution is -0.385. The highest BCUT2D eigenvalue weighted by Crippen LogP contribution is 2.20. The van der Waals surface area contributed by atoms with Crippen molar-refractivity contribution in [2.24, 2.45) is 0 Å². The first-order chi connectivity index (χ1) is 11.3. The minimum atomic E-state index is -1.14. The number of nitro benzene ring substituents is 1. The van der Waals surface area contributed by atoms with E-state index in [2.05, 4.69) is 24.7 Å². The average molecular weight is 347 g/mol. The van der Waals surface area contributed by atoms with Crippen LogP contribution in [0.5, 0.6) is 0 Å². The molecule has 0 saturated carbocycles. The van der Waals surface area contributed by atoms with Gasteiger partial charge in [0.25, 0.3) is 5.69 Å². The number of rotatable bonds is 8. The molecule has 1 aromatic heterocycles. The smallest absolute Gasteiger partial charge is 0.280 e. The molecule has 1 heterocycles. The van der Waals surface area contributed by atoms with Crippen molar-refractivity contribution in [3.63, 3.8) is 0 Å². The average Bonchev–Trinajstić information content (AvgIpc) is 2.99. The first-order valence-electron chi connectivity index (χ1n) is 7.67. The third-order valence-corrected chi connectivity index (χ3v) is 5.14. The zero-order valence-electron chi connectivity index (χ0n) is 14.1. The molecule has 0 fully saturated rings. The number of carbonyl (C=O) groups excluding carboxylic acids is 1. The molecular formula is C16H21N3O4Si. The standard InChI is InChI=1S/C16H21N3O4Si/c1-24(2,3)11-10-23-12-18-9-8-14(17-18)16(20)13-6-4-5-7-15(13)19(21)22/h4-9H,10-12H2,1-3H3. The van der Waals surface area contributed by atoms with Crippen LogP contribution in [0.3, 0.4) is 0 Å².